The van der Waals surface area contributed by atoms with E-state index in [1.165, 1.54) is 6.33 Å². The second-order valence-electron chi connectivity index (χ2n) is 5.62. The Hall–Kier alpha value is -3.35. The first kappa shape index (κ1) is 17.5. The van der Waals surface area contributed by atoms with Crippen LogP contribution in [0.25, 0.3) is 0 Å². The van der Waals surface area contributed by atoms with Crippen LogP contribution < -0.4 is 9.47 Å². The maximum Gasteiger partial charge on any atom is 0.185 e. The molecule has 0 atom stereocenters. The number of nitrogens with zero attached hydrogens (tertiary/aromatic N) is 5. The molecule has 7 nitrogen and oxygen atoms in total. The van der Waals surface area contributed by atoms with Gasteiger partial charge in [0.1, 0.15) is 37.4 Å². The molecular formula is C19H21N5O2. The number of para-hydroxylation sites is 2. The summed E-state index contributed by atoms with van der Waals surface area (Å²) in [7, 11) is 3.71. The van der Waals surface area contributed by atoms with E-state index in [4.69, 9.17) is 9.47 Å². The van der Waals surface area contributed by atoms with Gasteiger partial charge in [0.15, 0.2) is 5.84 Å². The number of aromatic nitrogens is 3. The SMILES string of the molecule is CN(C)N=C(c1ccccc1OCCOc1ccccc1)n1cncn1. The highest BCUT2D eigenvalue weighted by Crippen LogP contribution is 2.20. The van der Waals surface area contributed by atoms with Crippen molar-refractivity contribution in [1.82, 2.24) is 19.8 Å². The van der Waals surface area contributed by atoms with Crippen LogP contribution in [0, 0.1) is 0 Å². The molecule has 26 heavy (non-hydrogen) atoms. The molecule has 134 valence electrons. The average Bonchev–Trinajstić information content (AvgIpc) is 3.19. The zero-order valence-electron chi connectivity index (χ0n) is 14.8. The van der Waals surface area contributed by atoms with E-state index in [1.54, 1.807) is 16.0 Å². The van der Waals surface area contributed by atoms with Gasteiger partial charge in [0.25, 0.3) is 0 Å². The van der Waals surface area contributed by atoms with Crippen LogP contribution in [0.4, 0.5) is 0 Å². The average molecular weight is 351 g/mol. The van der Waals surface area contributed by atoms with E-state index in [0.29, 0.717) is 24.8 Å². The first-order valence-electron chi connectivity index (χ1n) is 8.25. The molecule has 0 unspecified atom stereocenters. The van der Waals surface area contributed by atoms with Gasteiger partial charge < -0.3 is 14.5 Å². The Labute approximate surface area is 152 Å². The summed E-state index contributed by atoms with van der Waals surface area (Å²) in [6.07, 6.45) is 3.08. The van der Waals surface area contributed by atoms with Gasteiger partial charge in [-0.25, -0.2) is 9.67 Å². The molecular weight excluding hydrogens is 330 g/mol. The summed E-state index contributed by atoms with van der Waals surface area (Å²) in [5.41, 5.74) is 0.825. The van der Waals surface area contributed by atoms with Gasteiger partial charge >= 0.3 is 0 Å². The van der Waals surface area contributed by atoms with Crippen LogP contribution in [0.3, 0.4) is 0 Å². The van der Waals surface area contributed by atoms with Crippen molar-refractivity contribution >= 4 is 5.84 Å². The number of benzene rings is 2. The van der Waals surface area contributed by atoms with Gasteiger partial charge in [0.2, 0.25) is 0 Å². The maximum absolute atomic E-state index is 5.93. The molecule has 0 saturated heterocycles. The first-order valence-corrected chi connectivity index (χ1v) is 8.25. The second-order valence-corrected chi connectivity index (χ2v) is 5.62. The number of hydrazone groups is 1. The minimum Gasteiger partial charge on any atom is -0.490 e. The first-order chi connectivity index (χ1) is 12.7. The molecule has 2 aromatic carbocycles. The van der Waals surface area contributed by atoms with Gasteiger partial charge in [0.05, 0.1) is 5.56 Å². The van der Waals surface area contributed by atoms with Crippen LogP contribution >= 0.6 is 0 Å². The largest absolute Gasteiger partial charge is 0.490 e. The molecule has 0 saturated carbocycles. The van der Waals surface area contributed by atoms with Crippen molar-refractivity contribution < 1.29 is 9.47 Å². The fourth-order valence-corrected chi connectivity index (χ4v) is 2.34. The minimum absolute atomic E-state index is 0.415. The Bertz CT molecular complexity index is 832. The van der Waals surface area contributed by atoms with E-state index in [2.05, 4.69) is 15.2 Å². The highest BCUT2D eigenvalue weighted by Gasteiger charge is 2.14. The lowest BCUT2D eigenvalue weighted by Crippen LogP contribution is -2.20. The predicted octanol–water partition coefficient (Wildman–Crippen LogP) is 2.51. The van der Waals surface area contributed by atoms with Crippen molar-refractivity contribution in [3.05, 3.63) is 72.8 Å². The van der Waals surface area contributed by atoms with Crippen LogP contribution in [0.5, 0.6) is 11.5 Å². The smallest absolute Gasteiger partial charge is 0.185 e. The van der Waals surface area contributed by atoms with E-state index in [9.17, 15) is 0 Å². The van der Waals surface area contributed by atoms with E-state index in [1.807, 2.05) is 68.7 Å². The third-order valence-electron chi connectivity index (χ3n) is 3.41. The van der Waals surface area contributed by atoms with Crippen LogP contribution in [0.2, 0.25) is 0 Å². The quantitative estimate of drug-likeness (QED) is 0.283. The number of hydrogen-bond acceptors (Lipinski definition) is 6. The van der Waals surface area contributed by atoms with Crippen LogP contribution in [-0.2, 0) is 0 Å². The second kappa shape index (κ2) is 8.66. The molecule has 0 bridgehead atoms. The molecule has 0 N–H and O–H groups in total. The summed E-state index contributed by atoms with van der Waals surface area (Å²) in [6, 6.07) is 17.4. The van der Waals surface area contributed by atoms with Gasteiger partial charge in [0, 0.05) is 14.1 Å². The highest BCUT2D eigenvalue weighted by atomic mass is 16.5. The zero-order chi connectivity index (χ0) is 18.2. The molecule has 1 aromatic heterocycles. The van der Waals surface area contributed by atoms with Gasteiger partial charge in [-0.05, 0) is 24.3 Å². The summed E-state index contributed by atoms with van der Waals surface area (Å²) in [5, 5.41) is 10.4. The molecule has 0 spiro atoms. The lowest BCUT2D eigenvalue weighted by Gasteiger charge is -2.15. The third-order valence-corrected chi connectivity index (χ3v) is 3.41. The van der Waals surface area contributed by atoms with E-state index in [0.717, 1.165) is 11.3 Å². The molecule has 1 heterocycles. The Balaban J connectivity index is 1.72. The van der Waals surface area contributed by atoms with Gasteiger partial charge in [-0.3, -0.25) is 0 Å². The van der Waals surface area contributed by atoms with Crippen molar-refractivity contribution in [2.45, 2.75) is 0 Å². The number of ether oxygens (including phenoxy) is 2. The Morgan fingerprint density at radius 3 is 2.46 bits per heavy atom. The Morgan fingerprint density at radius 1 is 1.00 bits per heavy atom. The van der Waals surface area contributed by atoms with Crippen molar-refractivity contribution in [2.24, 2.45) is 5.10 Å². The molecule has 0 radical (unpaired) electrons. The van der Waals surface area contributed by atoms with Gasteiger partial charge in [-0.15, -0.1) is 0 Å². The highest BCUT2D eigenvalue weighted by molar-refractivity contribution is 6.01. The lowest BCUT2D eigenvalue weighted by atomic mass is 10.2. The van der Waals surface area contributed by atoms with Crippen molar-refractivity contribution in [3.63, 3.8) is 0 Å². The Kier molecular flexibility index (Phi) is 5.82. The maximum atomic E-state index is 5.93. The summed E-state index contributed by atoms with van der Waals surface area (Å²) >= 11 is 0. The molecule has 0 amide bonds. The molecule has 0 aliphatic heterocycles. The monoisotopic (exact) mass is 351 g/mol. The van der Waals surface area contributed by atoms with Gasteiger partial charge in [-0.1, -0.05) is 30.3 Å². The summed E-state index contributed by atoms with van der Waals surface area (Å²) in [6.45, 7) is 0.861. The normalized spacial score (nSPS) is 11.2. The number of hydrogen-bond donors (Lipinski definition) is 0. The number of rotatable bonds is 7. The minimum atomic E-state index is 0.415. The topological polar surface area (TPSA) is 64.8 Å². The standard InChI is InChI=1S/C19H21N5O2/c1-23(2)22-19(24-15-20-14-21-24)17-10-6-7-11-18(17)26-13-12-25-16-8-4-3-5-9-16/h3-11,14-15H,12-13H2,1-2H3. The van der Waals surface area contributed by atoms with Crippen LogP contribution in [0.1, 0.15) is 5.56 Å². The van der Waals surface area contributed by atoms with Gasteiger partial charge in [-0.2, -0.15) is 10.2 Å². The van der Waals surface area contributed by atoms with Crippen LogP contribution in [-0.4, -0.2) is 52.9 Å². The molecule has 0 aliphatic rings. The molecule has 3 rings (SSSR count). The summed E-state index contributed by atoms with van der Waals surface area (Å²) < 4.78 is 13.2. The van der Waals surface area contributed by atoms with E-state index >= 15 is 0 Å². The molecule has 3 aromatic rings. The fourth-order valence-electron chi connectivity index (χ4n) is 2.34. The Morgan fingerprint density at radius 2 is 1.73 bits per heavy atom. The van der Waals surface area contributed by atoms with E-state index in [-0.39, 0.29) is 0 Å². The molecule has 0 fully saturated rings. The zero-order valence-corrected chi connectivity index (χ0v) is 14.8. The molecule has 0 aliphatic carbocycles. The third kappa shape index (κ3) is 4.60. The van der Waals surface area contributed by atoms with Crippen molar-refractivity contribution in [3.8, 4) is 11.5 Å². The van der Waals surface area contributed by atoms with Crippen molar-refractivity contribution in [1.29, 1.82) is 0 Å². The lowest BCUT2D eigenvalue weighted by molar-refractivity contribution is 0.217. The predicted molar refractivity (Wildman–Crippen MR) is 99.5 cm³/mol. The fraction of sp³-hybridized carbons (Fsp3) is 0.211. The van der Waals surface area contributed by atoms with E-state index < -0.39 is 0 Å². The molecule has 7 heteroatoms. The van der Waals surface area contributed by atoms with Crippen molar-refractivity contribution in [2.75, 3.05) is 27.3 Å². The summed E-state index contributed by atoms with van der Waals surface area (Å²) in [5.74, 6) is 2.16. The van der Waals surface area contributed by atoms with Crippen LogP contribution in [0.15, 0.2) is 72.4 Å². The summed E-state index contributed by atoms with van der Waals surface area (Å²) in [4.78, 5) is 4.01.